The lowest BCUT2D eigenvalue weighted by atomic mass is 10.1. The summed E-state index contributed by atoms with van der Waals surface area (Å²) in [6, 6.07) is 6.78. The number of nitrogens with one attached hydrogen (secondary N) is 1. The number of anilines is 1. The molecule has 2 aromatic rings. The first kappa shape index (κ1) is 11.5. The van der Waals surface area contributed by atoms with Crippen LogP contribution in [0, 0.1) is 12.7 Å². The van der Waals surface area contributed by atoms with Crippen molar-refractivity contribution in [3.8, 4) is 0 Å². The summed E-state index contributed by atoms with van der Waals surface area (Å²) in [6.07, 6.45) is 4.11. The Morgan fingerprint density at radius 1 is 1.18 bits per heavy atom. The van der Waals surface area contributed by atoms with E-state index < -0.39 is 0 Å². The van der Waals surface area contributed by atoms with Crippen LogP contribution in [0.25, 0.3) is 0 Å². The summed E-state index contributed by atoms with van der Waals surface area (Å²) in [6.45, 7) is 2.55. The molecule has 0 saturated heterocycles. The molecule has 0 fully saturated rings. The van der Waals surface area contributed by atoms with E-state index in [2.05, 4.69) is 15.3 Å². The Balaban J connectivity index is 1.88. The second-order valence-corrected chi connectivity index (χ2v) is 3.85. The first-order valence-corrected chi connectivity index (χ1v) is 5.51. The average molecular weight is 231 g/mol. The molecule has 0 atom stereocenters. The van der Waals surface area contributed by atoms with Crippen molar-refractivity contribution in [2.75, 3.05) is 11.9 Å². The maximum absolute atomic E-state index is 13.3. The fraction of sp³-hybridized carbons (Fsp3) is 0.231. The monoisotopic (exact) mass is 231 g/mol. The van der Waals surface area contributed by atoms with E-state index in [1.807, 2.05) is 13.0 Å². The van der Waals surface area contributed by atoms with Crippen molar-refractivity contribution in [1.29, 1.82) is 0 Å². The van der Waals surface area contributed by atoms with Gasteiger partial charge in [0.15, 0.2) is 0 Å². The highest BCUT2D eigenvalue weighted by molar-refractivity contribution is 5.25. The van der Waals surface area contributed by atoms with Gasteiger partial charge in [0, 0.05) is 18.9 Å². The standard InChI is InChI=1S/C13H14FN3/c1-10-8-16-13(17-9-10)15-7-6-11-4-2-3-5-12(11)14/h2-5,8-9H,6-7H2,1H3,(H,15,16,17). The van der Waals surface area contributed by atoms with Gasteiger partial charge in [0.25, 0.3) is 0 Å². The molecule has 1 aromatic heterocycles. The van der Waals surface area contributed by atoms with Gasteiger partial charge >= 0.3 is 0 Å². The lowest BCUT2D eigenvalue weighted by Gasteiger charge is -2.05. The van der Waals surface area contributed by atoms with E-state index in [9.17, 15) is 4.39 Å². The smallest absolute Gasteiger partial charge is 0.222 e. The largest absolute Gasteiger partial charge is 0.354 e. The first-order valence-electron chi connectivity index (χ1n) is 5.51. The summed E-state index contributed by atoms with van der Waals surface area (Å²) in [5.74, 6) is 0.408. The maximum Gasteiger partial charge on any atom is 0.222 e. The Hall–Kier alpha value is -1.97. The molecule has 0 radical (unpaired) electrons. The summed E-state index contributed by atoms with van der Waals surface area (Å²) in [5, 5.41) is 3.06. The molecule has 0 spiro atoms. The quantitative estimate of drug-likeness (QED) is 0.878. The van der Waals surface area contributed by atoms with E-state index >= 15 is 0 Å². The minimum Gasteiger partial charge on any atom is -0.354 e. The Morgan fingerprint density at radius 3 is 2.59 bits per heavy atom. The molecule has 2 rings (SSSR count). The molecule has 0 saturated carbocycles. The number of benzene rings is 1. The van der Waals surface area contributed by atoms with Crippen molar-refractivity contribution >= 4 is 5.95 Å². The third-order valence-electron chi connectivity index (χ3n) is 2.42. The summed E-state index contributed by atoms with van der Waals surface area (Å²) < 4.78 is 13.3. The average Bonchev–Trinajstić information content (AvgIpc) is 2.34. The van der Waals surface area contributed by atoms with E-state index in [4.69, 9.17) is 0 Å². The van der Waals surface area contributed by atoms with Crippen LogP contribution in [-0.2, 0) is 6.42 Å². The fourth-order valence-electron chi connectivity index (χ4n) is 1.49. The number of nitrogens with zero attached hydrogens (tertiary/aromatic N) is 2. The van der Waals surface area contributed by atoms with Crippen LogP contribution in [0.1, 0.15) is 11.1 Å². The molecule has 17 heavy (non-hydrogen) atoms. The van der Waals surface area contributed by atoms with Crippen molar-refractivity contribution in [2.45, 2.75) is 13.3 Å². The number of rotatable bonds is 4. The van der Waals surface area contributed by atoms with Crippen LogP contribution in [0.15, 0.2) is 36.7 Å². The molecule has 1 aromatic carbocycles. The molecule has 1 heterocycles. The van der Waals surface area contributed by atoms with Crippen molar-refractivity contribution in [3.05, 3.63) is 53.6 Å². The summed E-state index contributed by atoms with van der Waals surface area (Å²) in [7, 11) is 0. The van der Waals surface area contributed by atoms with Crippen molar-refractivity contribution in [1.82, 2.24) is 9.97 Å². The second kappa shape index (κ2) is 5.39. The third kappa shape index (κ3) is 3.24. The lowest BCUT2D eigenvalue weighted by molar-refractivity contribution is 0.610. The molecule has 0 unspecified atom stereocenters. The SMILES string of the molecule is Cc1cnc(NCCc2ccccc2F)nc1. The van der Waals surface area contributed by atoms with Gasteiger partial charge in [-0.05, 0) is 30.5 Å². The molecular weight excluding hydrogens is 217 g/mol. The molecular formula is C13H14FN3. The van der Waals surface area contributed by atoms with Gasteiger partial charge in [-0.2, -0.15) is 0 Å². The molecule has 0 amide bonds. The van der Waals surface area contributed by atoms with Crippen LogP contribution in [-0.4, -0.2) is 16.5 Å². The van der Waals surface area contributed by atoms with E-state index in [1.165, 1.54) is 6.07 Å². The van der Waals surface area contributed by atoms with Crippen molar-refractivity contribution in [3.63, 3.8) is 0 Å². The molecule has 88 valence electrons. The van der Waals surface area contributed by atoms with Gasteiger partial charge in [0.05, 0.1) is 0 Å². The lowest BCUT2D eigenvalue weighted by Crippen LogP contribution is -2.08. The van der Waals surface area contributed by atoms with E-state index in [0.717, 1.165) is 5.56 Å². The highest BCUT2D eigenvalue weighted by atomic mass is 19.1. The number of hydrogen-bond donors (Lipinski definition) is 1. The minimum absolute atomic E-state index is 0.167. The van der Waals surface area contributed by atoms with Crippen molar-refractivity contribution < 1.29 is 4.39 Å². The van der Waals surface area contributed by atoms with Crippen LogP contribution in [0.3, 0.4) is 0 Å². The van der Waals surface area contributed by atoms with Gasteiger partial charge in [-0.15, -0.1) is 0 Å². The summed E-state index contributed by atoms with van der Waals surface area (Å²) in [4.78, 5) is 8.23. The minimum atomic E-state index is -0.167. The number of halogens is 1. The van der Waals surface area contributed by atoms with E-state index in [-0.39, 0.29) is 5.82 Å². The zero-order chi connectivity index (χ0) is 12.1. The zero-order valence-electron chi connectivity index (χ0n) is 9.65. The fourth-order valence-corrected chi connectivity index (χ4v) is 1.49. The predicted molar refractivity (Wildman–Crippen MR) is 65.4 cm³/mol. The Morgan fingerprint density at radius 2 is 1.88 bits per heavy atom. The van der Waals surface area contributed by atoms with Gasteiger partial charge in [-0.3, -0.25) is 0 Å². The molecule has 0 aliphatic rings. The van der Waals surface area contributed by atoms with Crippen LogP contribution in [0.4, 0.5) is 10.3 Å². The predicted octanol–water partition coefficient (Wildman–Crippen LogP) is 2.58. The molecule has 0 aliphatic carbocycles. The van der Waals surface area contributed by atoms with Gasteiger partial charge in [-0.25, -0.2) is 14.4 Å². The van der Waals surface area contributed by atoms with Gasteiger partial charge < -0.3 is 5.32 Å². The molecule has 3 nitrogen and oxygen atoms in total. The molecule has 0 aliphatic heterocycles. The van der Waals surface area contributed by atoms with Gasteiger partial charge in [-0.1, -0.05) is 18.2 Å². The Labute approximate surface area is 99.7 Å². The Bertz CT molecular complexity index is 482. The van der Waals surface area contributed by atoms with Crippen LogP contribution >= 0.6 is 0 Å². The maximum atomic E-state index is 13.3. The second-order valence-electron chi connectivity index (χ2n) is 3.85. The molecule has 1 N–H and O–H groups in total. The number of hydrogen-bond acceptors (Lipinski definition) is 3. The number of aryl methyl sites for hydroxylation is 1. The zero-order valence-corrected chi connectivity index (χ0v) is 9.65. The highest BCUT2D eigenvalue weighted by Gasteiger charge is 2.00. The summed E-state index contributed by atoms with van der Waals surface area (Å²) >= 11 is 0. The summed E-state index contributed by atoms with van der Waals surface area (Å²) in [5.41, 5.74) is 1.72. The van der Waals surface area contributed by atoms with E-state index in [0.29, 0.717) is 24.5 Å². The van der Waals surface area contributed by atoms with Crippen LogP contribution in [0.2, 0.25) is 0 Å². The normalized spacial score (nSPS) is 10.2. The van der Waals surface area contributed by atoms with Gasteiger partial charge in [0.2, 0.25) is 5.95 Å². The van der Waals surface area contributed by atoms with Crippen LogP contribution < -0.4 is 5.32 Å². The van der Waals surface area contributed by atoms with Crippen LogP contribution in [0.5, 0.6) is 0 Å². The highest BCUT2D eigenvalue weighted by Crippen LogP contribution is 2.07. The molecule has 4 heteroatoms. The van der Waals surface area contributed by atoms with Crippen molar-refractivity contribution in [2.24, 2.45) is 0 Å². The Kier molecular flexibility index (Phi) is 3.65. The van der Waals surface area contributed by atoms with E-state index in [1.54, 1.807) is 24.5 Å². The number of aromatic nitrogens is 2. The first-order chi connectivity index (χ1) is 8.25. The topological polar surface area (TPSA) is 37.8 Å². The third-order valence-corrected chi connectivity index (χ3v) is 2.42. The molecule has 0 bridgehead atoms. The van der Waals surface area contributed by atoms with Gasteiger partial charge in [0.1, 0.15) is 5.82 Å².